The van der Waals surface area contributed by atoms with Crippen LogP contribution >= 0.6 is 0 Å². The molecule has 2 N–H and O–H groups in total. The van der Waals surface area contributed by atoms with E-state index in [4.69, 9.17) is 0 Å². The SMILES string of the molecule is CC[NH+]1CC[NH+]([C@@H](c2ccc(N(C)C)cc2)c2nnnn2C(C)(C)CC)CC1. The number of anilines is 1. The van der Waals surface area contributed by atoms with Crippen LogP contribution in [-0.2, 0) is 5.54 Å². The van der Waals surface area contributed by atoms with E-state index in [0.717, 1.165) is 25.3 Å². The Bertz CT molecular complexity index is 742. The zero-order valence-corrected chi connectivity index (χ0v) is 18.4. The summed E-state index contributed by atoms with van der Waals surface area (Å²) in [4.78, 5) is 5.40. The molecule has 1 fully saturated rings. The van der Waals surface area contributed by atoms with E-state index in [0.29, 0.717) is 0 Å². The van der Waals surface area contributed by atoms with E-state index in [9.17, 15) is 0 Å². The minimum absolute atomic E-state index is 0.101. The van der Waals surface area contributed by atoms with Crippen molar-refractivity contribution in [2.45, 2.75) is 45.7 Å². The van der Waals surface area contributed by atoms with Gasteiger partial charge in [0.15, 0.2) is 6.04 Å². The highest BCUT2D eigenvalue weighted by molar-refractivity contribution is 5.46. The molecule has 1 aromatic carbocycles. The number of tetrazole rings is 1. The summed E-state index contributed by atoms with van der Waals surface area (Å²) in [7, 11) is 4.16. The third-order valence-corrected chi connectivity index (χ3v) is 6.44. The van der Waals surface area contributed by atoms with Crippen molar-refractivity contribution < 1.29 is 9.80 Å². The van der Waals surface area contributed by atoms with Crippen LogP contribution in [0.4, 0.5) is 5.69 Å². The molecule has 1 atom stereocenters. The summed E-state index contributed by atoms with van der Waals surface area (Å²) in [6.45, 7) is 14.8. The van der Waals surface area contributed by atoms with Gasteiger partial charge in [-0.15, -0.1) is 5.10 Å². The van der Waals surface area contributed by atoms with Crippen molar-refractivity contribution in [3.8, 4) is 0 Å². The molecule has 28 heavy (non-hydrogen) atoms. The number of nitrogens with zero attached hydrogens (tertiary/aromatic N) is 5. The van der Waals surface area contributed by atoms with E-state index in [1.807, 2.05) is 0 Å². The van der Waals surface area contributed by atoms with Crippen molar-refractivity contribution in [3.63, 3.8) is 0 Å². The largest absolute Gasteiger partial charge is 0.378 e. The number of aromatic nitrogens is 4. The summed E-state index contributed by atoms with van der Waals surface area (Å²) < 4.78 is 2.06. The highest BCUT2D eigenvalue weighted by Crippen LogP contribution is 2.25. The van der Waals surface area contributed by atoms with Crippen molar-refractivity contribution in [2.75, 3.05) is 51.7 Å². The number of benzene rings is 1. The fraction of sp³-hybridized carbons (Fsp3) is 0.667. The van der Waals surface area contributed by atoms with E-state index >= 15 is 0 Å². The molecule has 3 rings (SSSR count). The molecule has 154 valence electrons. The lowest BCUT2D eigenvalue weighted by atomic mass is 9.99. The molecule has 0 aliphatic carbocycles. The molecule has 0 spiro atoms. The van der Waals surface area contributed by atoms with Crippen LogP contribution in [0.25, 0.3) is 0 Å². The van der Waals surface area contributed by atoms with Gasteiger partial charge in [0, 0.05) is 25.3 Å². The van der Waals surface area contributed by atoms with Gasteiger partial charge in [0.2, 0.25) is 5.82 Å². The van der Waals surface area contributed by atoms with E-state index in [1.54, 1.807) is 9.80 Å². The second kappa shape index (κ2) is 8.57. The summed E-state index contributed by atoms with van der Waals surface area (Å²) in [5, 5.41) is 13.0. The van der Waals surface area contributed by atoms with Crippen LogP contribution in [0.5, 0.6) is 0 Å². The average Bonchev–Trinajstić information content (AvgIpc) is 3.19. The highest BCUT2D eigenvalue weighted by atomic mass is 15.6. The molecule has 0 saturated carbocycles. The van der Waals surface area contributed by atoms with Gasteiger partial charge in [-0.25, -0.2) is 4.68 Å². The molecule has 1 aliphatic rings. The maximum absolute atomic E-state index is 4.54. The summed E-state index contributed by atoms with van der Waals surface area (Å²) >= 11 is 0. The highest BCUT2D eigenvalue weighted by Gasteiger charge is 2.37. The lowest BCUT2D eigenvalue weighted by Gasteiger charge is -2.35. The Balaban J connectivity index is 2.00. The van der Waals surface area contributed by atoms with Crippen LogP contribution in [0.3, 0.4) is 0 Å². The quantitative estimate of drug-likeness (QED) is 0.690. The van der Waals surface area contributed by atoms with Crippen LogP contribution in [0, 0.1) is 0 Å². The molecule has 0 bridgehead atoms. The number of nitrogens with one attached hydrogen (secondary N) is 2. The summed E-state index contributed by atoms with van der Waals surface area (Å²) in [6.07, 6.45) is 0.987. The van der Waals surface area contributed by atoms with Gasteiger partial charge in [-0.05, 0) is 49.8 Å². The first kappa shape index (κ1) is 20.7. The average molecular weight is 388 g/mol. The van der Waals surface area contributed by atoms with Crippen molar-refractivity contribution >= 4 is 5.69 Å². The molecule has 2 heterocycles. The van der Waals surface area contributed by atoms with Crippen molar-refractivity contribution in [1.82, 2.24) is 20.2 Å². The maximum atomic E-state index is 4.54. The fourth-order valence-electron chi connectivity index (χ4n) is 4.05. The standard InChI is InChI=1S/C21H35N7/c1-7-21(3,4)28-20(22-23-24-28)19(27-15-13-26(8-2)14-16-27)17-9-11-18(12-10-17)25(5)6/h9-12,19H,7-8,13-16H2,1-6H3/p+2/t19-/m0/s1. The molecule has 0 unspecified atom stereocenters. The van der Waals surface area contributed by atoms with E-state index in [2.05, 4.69) is 91.2 Å². The third-order valence-electron chi connectivity index (χ3n) is 6.44. The second-order valence-corrected chi connectivity index (χ2v) is 8.80. The Morgan fingerprint density at radius 3 is 2.25 bits per heavy atom. The van der Waals surface area contributed by atoms with Gasteiger partial charge >= 0.3 is 0 Å². The van der Waals surface area contributed by atoms with Crippen molar-refractivity contribution in [1.29, 1.82) is 0 Å². The molecular formula is C21H37N7+2. The van der Waals surface area contributed by atoms with Gasteiger partial charge in [0.1, 0.15) is 26.2 Å². The van der Waals surface area contributed by atoms with Gasteiger partial charge < -0.3 is 14.7 Å². The zero-order valence-electron chi connectivity index (χ0n) is 18.4. The molecule has 0 radical (unpaired) electrons. The molecule has 1 saturated heterocycles. The Morgan fingerprint density at radius 1 is 1.07 bits per heavy atom. The number of hydrogen-bond acceptors (Lipinski definition) is 4. The Kier molecular flexibility index (Phi) is 6.35. The van der Waals surface area contributed by atoms with Gasteiger partial charge in [0.25, 0.3) is 0 Å². The van der Waals surface area contributed by atoms with Crippen molar-refractivity contribution in [3.05, 3.63) is 35.7 Å². The first-order chi connectivity index (χ1) is 13.4. The number of quaternary nitrogens is 2. The Hall–Kier alpha value is -1.99. The van der Waals surface area contributed by atoms with E-state index in [-0.39, 0.29) is 11.6 Å². The fourth-order valence-corrected chi connectivity index (χ4v) is 4.05. The van der Waals surface area contributed by atoms with Crippen LogP contribution in [0.2, 0.25) is 0 Å². The summed E-state index contributed by atoms with van der Waals surface area (Å²) in [6, 6.07) is 9.08. The third kappa shape index (κ3) is 4.20. The molecule has 1 aromatic heterocycles. The Labute approximate surface area is 169 Å². The second-order valence-electron chi connectivity index (χ2n) is 8.80. The van der Waals surface area contributed by atoms with Crippen LogP contribution in [0.1, 0.15) is 51.5 Å². The van der Waals surface area contributed by atoms with E-state index in [1.165, 1.54) is 30.9 Å². The first-order valence-electron chi connectivity index (χ1n) is 10.6. The van der Waals surface area contributed by atoms with Crippen LogP contribution in [-0.4, -0.2) is 67.0 Å². The van der Waals surface area contributed by atoms with Gasteiger partial charge in [-0.3, -0.25) is 0 Å². The normalized spacial score (nSPS) is 21.5. The number of piperazine rings is 1. The lowest BCUT2D eigenvalue weighted by Crippen LogP contribution is -3.28. The van der Waals surface area contributed by atoms with Gasteiger partial charge in [-0.2, -0.15) is 0 Å². The zero-order chi connectivity index (χ0) is 20.3. The molecular weight excluding hydrogens is 350 g/mol. The molecule has 2 aromatic rings. The predicted octanol–water partition coefficient (Wildman–Crippen LogP) is -0.223. The lowest BCUT2D eigenvalue weighted by molar-refractivity contribution is -1.02. The summed E-state index contributed by atoms with van der Waals surface area (Å²) in [5.41, 5.74) is 2.41. The maximum Gasteiger partial charge on any atom is 0.214 e. The number of likely N-dealkylation sites (N-methyl/N-ethyl adjacent to an activating group) is 1. The van der Waals surface area contributed by atoms with Crippen LogP contribution < -0.4 is 14.7 Å². The molecule has 7 nitrogen and oxygen atoms in total. The Morgan fingerprint density at radius 2 is 1.71 bits per heavy atom. The minimum Gasteiger partial charge on any atom is -0.378 e. The topological polar surface area (TPSA) is 55.7 Å². The molecule has 1 aliphatic heterocycles. The number of rotatable bonds is 7. The minimum atomic E-state index is -0.101. The van der Waals surface area contributed by atoms with Crippen LogP contribution in [0.15, 0.2) is 24.3 Å². The summed E-state index contributed by atoms with van der Waals surface area (Å²) in [5.74, 6) is 0.986. The first-order valence-corrected chi connectivity index (χ1v) is 10.6. The molecule has 0 amide bonds. The van der Waals surface area contributed by atoms with Crippen molar-refractivity contribution in [2.24, 2.45) is 0 Å². The smallest absolute Gasteiger partial charge is 0.214 e. The van der Waals surface area contributed by atoms with Gasteiger partial charge in [0.05, 0.1) is 12.1 Å². The predicted molar refractivity (Wildman–Crippen MR) is 112 cm³/mol. The van der Waals surface area contributed by atoms with E-state index < -0.39 is 0 Å². The monoisotopic (exact) mass is 387 g/mol. The van der Waals surface area contributed by atoms with Gasteiger partial charge in [-0.1, -0.05) is 19.1 Å². The number of hydrogen-bond donors (Lipinski definition) is 2. The molecule has 7 heteroatoms.